The summed E-state index contributed by atoms with van der Waals surface area (Å²) in [6.45, 7) is 7.52. The van der Waals surface area contributed by atoms with Gasteiger partial charge in [0, 0.05) is 29.9 Å². The molecular weight excluding hydrogens is 343 g/mol. The Morgan fingerprint density at radius 2 is 1.79 bits per heavy atom. The van der Waals surface area contributed by atoms with Crippen LogP contribution < -0.4 is 5.32 Å². The fourth-order valence-corrected chi connectivity index (χ4v) is 3.63. The molecule has 1 aliphatic rings. The first-order valence-corrected chi connectivity index (χ1v) is 9.89. The van der Waals surface area contributed by atoms with Crippen molar-refractivity contribution in [2.75, 3.05) is 19.6 Å². The van der Waals surface area contributed by atoms with Crippen LogP contribution in [0.25, 0.3) is 0 Å². The molecule has 0 saturated carbocycles. The zero-order chi connectivity index (χ0) is 17.5. The number of hydrogen-bond donors (Lipinski definition) is 1. The van der Waals surface area contributed by atoms with Gasteiger partial charge in [0.25, 0.3) is 5.91 Å². The van der Waals surface area contributed by atoms with Gasteiger partial charge in [-0.05, 0) is 55.1 Å². The average Bonchev–Trinajstić information content (AvgIpc) is 2.61. The Labute approximate surface area is 155 Å². The second-order valence-electron chi connectivity index (χ2n) is 6.94. The Balaban J connectivity index is 2.04. The van der Waals surface area contributed by atoms with Crippen LogP contribution in [-0.4, -0.2) is 36.5 Å². The maximum absolute atomic E-state index is 12.7. The van der Waals surface area contributed by atoms with Crippen molar-refractivity contribution in [3.8, 4) is 0 Å². The van der Waals surface area contributed by atoms with Crippen molar-refractivity contribution in [1.29, 1.82) is 0 Å². The number of alkyl halides is 2. The van der Waals surface area contributed by atoms with Gasteiger partial charge in [-0.1, -0.05) is 26.3 Å². The minimum atomic E-state index is -0.0294. The van der Waals surface area contributed by atoms with E-state index in [4.69, 9.17) is 23.2 Å². The van der Waals surface area contributed by atoms with Crippen LogP contribution in [0.15, 0.2) is 18.2 Å². The van der Waals surface area contributed by atoms with Gasteiger partial charge in [0.1, 0.15) is 0 Å². The van der Waals surface area contributed by atoms with Crippen LogP contribution in [0.3, 0.4) is 0 Å². The van der Waals surface area contributed by atoms with Gasteiger partial charge >= 0.3 is 0 Å². The van der Waals surface area contributed by atoms with Crippen LogP contribution in [0.1, 0.15) is 54.6 Å². The number of benzene rings is 1. The van der Waals surface area contributed by atoms with E-state index in [-0.39, 0.29) is 11.9 Å². The summed E-state index contributed by atoms with van der Waals surface area (Å²) in [5.74, 6) is 1.14. The number of nitrogens with zero attached hydrogens (tertiary/aromatic N) is 1. The van der Waals surface area contributed by atoms with Crippen molar-refractivity contribution in [1.82, 2.24) is 10.2 Å². The summed E-state index contributed by atoms with van der Waals surface area (Å²) >= 11 is 11.9. The first-order valence-electron chi connectivity index (χ1n) is 8.82. The summed E-state index contributed by atoms with van der Waals surface area (Å²) in [5, 5.41) is 3.21. The maximum atomic E-state index is 12.7. The number of likely N-dealkylation sites (tertiary alicyclic amines) is 1. The standard InChI is InChI=1S/C19H28Cl2N2O/c1-14(2)18(13-23-8-4-3-5-9-23)22-19(24)15-6-7-16(11-20)17(10-15)12-21/h6-7,10,14,18H,3-5,8-9,11-13H2,1-2H3,(H,22,24)/t18-/m1/s1. The minimum absolute atomic E-state index is 0.0294. The molecule has 1 atom stereocenters. The summed E-state index contributed by atoms with van der Waals surface area (Å²) < 4.78 is 0. The van der Waals surface area contributed by atoms with Crippen LogP contribution in [-0.2, 0) is 11.8 Å². The van der Waals surface area contributed by atoms with Crippen LogP contribution in [0.5, 0.6) is 0 Å². The van der Waals surface area contributed by atoms with E-state index in [0.29, 0.717) is 23.2 Å². The number of carbonyl (C=O) groups excluding carboxylic acids is 1. The first-order chi connectivity index (χ1) is 11.5. The van der Waals surface area contributed by atoms with Crippen molar-refractivity contribution in [3.05, 3.63) is 34.9 Å². The lowest BCUT2D eigenvalue weighted by Crippen LogP contribution is -2.48. The predicted molar refractivity (Wildman–Crippen MR) is 102 cm³/mol. The molecule has 0 bridgehead atoms. The van der Waals surface area contributed by atoms with Gasteiger partial charge in [0.05, 0.1) is 0 Å². The van der Waals surface area contributed by atoms with Crippen LogP contribution in [0, 0.1) is 5.92 Å². The number of piperidine rings is 1. The average molecular weight is 371 g/mol. The molecule has 0 aromatic heterocycles. The van der Waals surface area contributed by atoms with E-state index in [1.165, 1.54) is 19.3 Å². The molecule has 1 amide bonds. The molecular formula is C19H28Cl2N2O. The third kappa shape index (κ3) is 5.37. The molecule has 0 radical (unpaired) electrons. The van der Waals surface area contributed by atoms with E-state index >= 15 is 0 Å². The summed E-state index contributed by atoms with van der Waals surface area (Å²) in [5.41, 5.74) is 2.57. The minimum Gasteiger partial charge on any atom is -0.348 e. The smallest absolute Gasteiger partial charge is 0.251 e. The predicted octanol–water partition coefficient (Wildman–Crippen LogP) is 4.40. The molecule has 1 aliphatic heterocycles. The Morgan fingerprint density at radius 1 is 1.12 bits per heavy atom. The molecule has 1 N–H and O–H groups in total. The van der Waals surface area contributed by atoms with E-state index in [0.717, 1.165) is 30.8 Å². The van der Waals surface area contributed by atoms with E-state index in [1.807, 2.05) is 18.2 Å². The number of hydrogen-bond acceptors (Lipinski definition) is 2. The first kappa shape index (κ1) is 19.6. The van der Waals surface area contributed by atoms with E-state index in [2.05, 4.69) is 24.1 Å². The molecule has 1 fully saturated rings. The fraction of sp³-hybridized carbons (Fsp3) is 0.632. The van der Waals surface area contributed by atoms with Gasteiger partial charge in [0.15, 0.2) is 0 Å². The van der Waals surface area contributed by atoms with Gasteiger partial charge in [-0.15, -0.1) is 23.2 Å². The molecule has 134 valence electrons. The number of carbonyl (C=O) groups is 1. The van der Waals surface area contributed by atoms with Crippen LogP contribution >= 0.6 is 23.2 Å². The Hall–Kier alpha value is -0.770. The molecule has 2 rings (SSSR count). The van der Waals surface area contributed by atoms with Crippen LogP contribution in [0.4, 0.5) is 0 Å². The molecule has 24 heavy (non-hydrogen) atoms. The topological polar surface area (TPSA) is 32.3 Å². The zero-order valence-corrected chi connectivity index (χ0v) is 16.2. The highest BCUT2D eigenvalue weighted by Crippen LogP contribution is 2.18. The largest absolute Gasteiger partial charge is 0.348 e. The molecule has 1 heterocycles. The number of nitrogens with one attached hydrogen (secondary N) is 1. The lowest BCUT2D eigenvalue weighted by atomic mass is 10.0. The van der Waals surface area contributed by atoms with Gasteiger partial charge in [-0.3, -0.25) is 4.79 Å². The van der Waals surface area contributed by atoms with Crippen molar-refractivity contribution in [2.45, 2.75) is 50.9 Å². The lowest BCUT2D eigenvalue weighted by Gasteiger charge is -2.32. The highest BCUT2D eigenvalue weighted by molar-refractivity contribution is 6.18. The molecule has 3 nitrogen and oxygen atoms in total. The number of amides is 1. The zero-order valence-electron chi connectivity index (χ0n) is 14.7. The van der Waals surface area contributed by atoms with Gasteiger partial charge in [-0.25, -0.2) is 0 Å². The summed E-state index contributed by atoms with van der Waals surface area (Å²) in [4.78, 5) is 15.1. The normalized spacial score (nSPS) is 17.0. The van der Waals surface area contributed by atoms with Crippen molar-refractivity contribution in [2.24, 2.45) is 5.92 Å². The molecule has 1 aromatic carbocycles. The van der Waals surface area contributed by atoms with Gasteiger partial charge in [-0.2, -0.15) is 0 Å². The monoisotopic (exact) mass is 370 g/mol. The molecule has 1 aromatic rings. The van der Waals surface area contributed by atoms with Crippen molar-refractivity contribution in [3.63, 3.8) is 0 Å². The summed E-state index contributed by atoms with van der Waals surface area (Å²) in [6, 6.07) is 5.75. The Bertz CT molecular complexity index is 542. The van der Waals surface area contributed by atoms with Crippen molar-refractivity contribution < 1.29 is 4.79 Å². The van der Waals surface area contributed by atoms with Gasteiger partial charge < -0.3 is 10.2 Å². The quantitative estimate of drug-likeness (QED) is 0.721. The number of halogens is 2. The molecule has 1 saturated heterocycles. The summed E-state index contributed by atoms with van der Waals surface area (Å²) in [6.07, 6.45) is 3.85. The molecule has 0 spiro atoms. The highest BCUT2D eigenvalue weighted by atomic mass is 35.5. The molecule has 0 unspecified atom stereocenters. The lowest BCUT2D eigenvalue weighted by molar-refractivity contribution is 0.0902. The Morgan fingerprint density at radius 3 is 2.38 bits per heavy atom. The highest BCUT2D eigenvalue weighted by Gasteiger charge is 2.21. The third-order valence-corrected chi connectivity index (χ3v) is 5.36. The summed E-state index contributed by atoms with van der Waals surface area (Å²) in [7, 11) is 0. The fourth-order valence-electron chi connectivity index (χ4n) is 3.12. The molecule has 0 aliphatic carbocycles. The van der Waals surface area contributed by atoms with Crippen molar-refractivity contribution >= 4 is 29.1 Å². The van der Waals surface area contributed by atoms with E-state index in [1.54, 1.807) is 0 Å². The second-order valence-corrected chi connectivity index (χ2v) is 7.47. The maximum Gasteiger partial charge on any atom is 0.251 e. The molecule has 5 heteroatoms. The Kier molecular flexibility index (Phi) is 7.86. The number of rotatable bonds is 7. The SMILES string of the molecule is CC(C)[C@@H](CN1CCCCC1)NC(=O)c1ccc(CCl)c(CCl)c1. The van der Waals surface area contributed by atoms with E-state index < -0.39 is 0 Å². The van der Waals surface area contributed by atoms with Gasteiger partial charge in [0.2, 0.25) is 0 Å². The van der Waals surface area contributed by atoms with E-state index in [9.17, 15) is 4.79 Å². The third-order valence-electron chi connectivity index (χ3n) is 4.78. The van der Waals surface area contributed by atoms with Crippen LogP contribution in [0.2, 0.25) is 0 Å². The second kappa shape index (κ2) is 9.65.